The Morgan fingerprint density at radius 1 is 0.326 bits per heavy atom. The zero-order valence-electron chi connectivity index (χ0n) is 23.1. The van der Waals surface area contributed by atoms with Crippen LogP contribution in [0.15, 0.2) is 146 Å². The molecule has 0 radical (unpaired) electrons. The Morgan fingerprint density at radius 2 is 0.791 bits per heavy atom. The van der Waals surface area contributed by atoms with Crippen molar-refractivity contribution in [3.8, 4) is 45.3 Å². The average Bonchev–Trinajstić information content (AvgIpc) is 3.09. The normalized spacial score (nSPS) is 11.4. The van der Waals surface area contributed by atoms with Crippen LogP contribution in [0.3, 0.4) is 0 Å². The van der Waals surface area contributed by atoms with Crippen molar-refractivity contribution in [1.29, 1.82) is 0 Å². The first-order chi connectivity index (χ1) is 21.2. The van der Waals surface area contributed by atoms with Crippen LogP contribution in [0.5, 0.6) is 0 Å². The Bertz CT molecular complexity index is 2260. The van der Waals surface area contributed by atoms with Gasteiger partial charge in [0.15, 0.2) is 0 Å². The number of nitrogens with zero attached hydrogens (tertiary/aromatic N) is 3. The molecule has 0 atom stereocenters. The number of hydrogen-bond donors (Lipinski definition) is 0. The van der Waals surface area contributed by atoms with Gasteiger partial charge in [0.1, 0.15) is 0 Å². The summed E-state index contributed by atoms with van der Waals surface area (Å²) in [5.74, 6) is 1.96. The van der Waals surface area contributed by atoms with Crippen molar-refractivity contribution in [2.45, 2.75) is 0 Å². The summed E-state index contributed by atoms with van der Waals surface area (Å²) in [5, 5.41) is 7.39. The molecule has 43 heavy (non-hydrogen) atoms. The fourth-order valence-corrected chi connectivity index (χ4v) is 6.76. The Morgan fingerprint density at radius 3 is 1.42 bits per heavy atom. The molecule has 0 aliphatic carbocycles. The van der Waals surface area contributed by atoms with E-state index in [0.29, 0.717) is 17.5 Å². The molecule has 0 aliphatic rings. The molecule has 0 fully saturated rings. The van der Waals surface area contributed by atoms with Gasteiger partial charge in [0.2, 0.25) is 0 Å². The molecule has 0 aliphatic heterocycles. The van der Waals surface area contributed by atoms with Crippen LogP contribution in [-0.2, 0) is 0 Å². The third-order valence-electron chi connectivity index (χ3n) is 8.03. The second-order valence-electron chi connectivity index (χ2n) is 10.6. The van der Waals surface area contributed by atoms with Crippen LogP contribution >= 0.6 is 0 Å². The van der Waals surface area contributed by atoms with Crippen LogP contribution in [0.1, 0.15) is 0 Å². The Hall–Kier alpha value is -5.15. The van der Waals surface area contributed by atoms with Gasteiger partial charge in [-0.3, -0.25) is 0 Å². The van der Waals surface area contributed by atoms with Gasteiger partial charge in [-0.05, 0) is 0 Å². The zero-order valence-corrected chi connectivity index (χ0v) is 25.0. The molecule has 0 spiro atoms. The standard InChI is InChI=1S/C39H25N3Se/c43-36-28(25-12-3-1-4-13-25)20-11-21-34(36)39-41-37(26-14-5-2-6-15-26)40-38(42-39)27-22-23-33-31-18-8-7-16-29(31)30-17-9-10-19-32(30)35(33)24-27/h1-24,43H. The fraction of sp³-hybridized carbons (Fsp3) is 0. The molecule has 0 unspecified atom stereocenters. The molecule has 3 nitrogen and oxygen atoms in total. The van der Waals surface area contributed by atoms with Crippen molar-refractivity contribution in [2.24, 2.45) is 0 Å². The summed E-state index contributed by atoms with van der Waals surface area (Å²) in [6.07, 6.45) is 0. The van der Waals surface area contributed by atoms with Gasteiger partial charge in [0.25, 0.3) is 0 Å². The molecule has 8 rings (SSSR count). The Labute approximate surface area is 257 Å². The van der Waals surface area contributed by atoms with Crippen molar-refractivity contribution < 1.29 is 0 Å². The molecular formula is C39H25N3Se. The SMILES string of the molecule is [SeH]c1c(-c2ccccc2)cccc1-c1nc(-c2ccccc2)nc(-c2ccc3c4ccccc4c4ccccc4c3c2)n1. The van der Waals surface area contributed by atoms with Crippen LogP contribution in [0.2, 0.25) is 0 Å². The molecule has 0 saturated carbocycles. The number of fused-ring (bicyclic) bond motifs is 6. The van der Waals surface area contributed by atoms with E-state index < -0.39 is 0 Å². The molecule has 0 N–H and O–H groups in total. The van der Waals surface area contributed by atoms with E-state index in [4.69, 9.17) is 15.0 Å². The molecule has 8 aromatic rings. The van der Waals surface area contributed by atoms with Gasteiger partial charge in [-0.1, -0.05) is 6.07 Å². The molecule has 1 aromatic heterocycles. The number of hydrogen-bond acceptors (Lipinski definition) is 3. The van der Waals surface area contributed by atoms with E-state index in [2.05, 4.69) is 125 Å². The van der Waals surface area contributed by atoms with Crippen molar-refractivity contribution in [2.75, 3.05) is 0 Å². The first kappa shape index (κ1) is 25.6. The molecule has 1 heterocycles. The Kier molecular flexibility index (Phi) is 6.30. The Balaban J connectivity index is 1.37. The van der Waals surface area contributed by atoms with Crippen molar-refractivity contribution >= 4 is 52.8 Å². The first-order valence-corrected chi connectivity index (χ1v) is 15.2. The van der Waals surface area contributed by atoms with E-state index in [1.807, 2.05) is 36.4 Å². The summed E-state index contributed by atoms with van der Waals surface area (Å²) in [7, 11) is 0. The quantitative estimate of drug-likeness (QED) is 0.147. The van der Waals surface area contributed by atoms with Crippen LogP contribution in [0.4, 0.5) is 0 Å². The summed E-state index contributed by atoms with van der Waals surface area (Å²) in [4.78, 5) is 15.2. The van der Waals surface area contributed by atoms with E-state index in [-0.39, 0.29) is 0 Å². The van der Waals surface area contributed by atoms with Gasteiger partial charge in [-0.25, -0.2) is 0 Å². The molecule has 202 valence electrons. The van der Waals surface area contributed by atoms with Crippen molar-refractivity contribution in [3.63, 3.8) is 0 Å². The summed E-state index contributed by atoms with van der Waals surface area (Å²) in [6, 6.07) is 50.7. The van der Waals surface area contributed by atoms with Gasteiger partial charge >= 0.3 is 253 Å². The predicted octanol–water partition coefficient (Wildman–Crippen LogP) is 8.53. The van der Waals surface area contributed by atoms with E-state index in [0.717, 1.165) is 32.3 Å². The van der Waals surface area contributed by atoms with Crippen LogP contribution in [-0.4, -0.2) is 31.0 Å². The number of benzene rings is 7. The molecule has 0 saturated heterocycles. The van der Waals surface area contributed by atoms with Gasteiger partial charge in [0, 0.05) is 0 Å². The van der Waals surface area contributed by atoms with Crippen LogP contribution in [0, 0.1) is 0 Å². The summed E-state index contributed by atoms with van der Waals surface area (Å²) in [6.45, 7) is 0. The van der Waals surface area contributed by atoms with Gasteiger partial charge in [0.05, 0.1) is 0 Å². The monoisotopic (exact) mass is 615 g/mol. The van der Waals surface area contributed by atoms with Gasteiger partial charge < -0.3 is 0 Å². The second-order valence-corrected chi connectivity index (χ2v) is 11.5. The predicted molar refractivity (Wildman–Crippen MR) is 181 cm³/mol. The molecule has 7 aromatic carbocycles. The molecule has 0 amide bonds. The van der Waals surface area contributed by atoms with Gasteiger partial charge in [-0.2, -0.15) is 0 Å². The third kappa shape index (κ3) is 4.49. The number of aromatic nitrogens is 3. The van der Waals surface area contributed by atoms with Crippen molar-refractivity contribution in [1.82, 2.24) is 15.0 Å². The van der Waals surface area contributed by atoms with E-state index in [1.165, 1.54) is 32.3 Å². The van der Waals surface area contributed by atoms with Crippen LogP contribution < -0.4 is 4.46 Å². The molecule has 4 heteroatoms. The summed E-state index contributed by atoms with van der Waals surface area (Å²) in [5.41, 5.74) is 5.19. The van der Waals surface area contributed by atoms with Gasteiger partial charge in [-0.15, -0.1) is 0 Å². The first-order valence-electron chi connectivity index (χ1n) is 14.3. The summed E-state index contributed by atoms with van der Waals surface area (Å²) >= 11 is 2.73. The summed E-state index contributed by atoms with van der Waals surface area (Å²) < 4.78 is 1.08. The maximum atomic E-state index is 5.11. The van der Waals surface area contributed by atoms with E-state index in [1.54, 1.807) is 0 Å². The van der Waals surface area contributed by atoms with Crippen molar-refractivity contribution in [3.05, 3.63) is 146 Å². The molecular weight excluding hydrogens is 589 g/mol. The maximum absolute atomic E-state index is 5.11. The number of rotatable bonds is 4. The average molecular weight is 615 g/mol. The minimum atomic E-state index is 0.653. The minimum absolute atomic E-state index is 0.653. The fourth-order valence-electron chi connectivity index (χ4n) is 5.96. The zero-order chi connectivity index (χ0) is 28.8. The van der Waals surface area contributed by atoms with E-state index >= 15 is 0 Å². The third-order valence-corrected chi connectivity index (χ3v) is 9.04. The molecule has 0 bridgehead atoms. The van der Waals surface area contributed by atoms with E-state index in [9.17, 15) is 0 Å². The topological polar surface area (TPSA) is 38.7 Å². The second kappa shape index (κ2) is 10.6. The van der Waals surface area contributed by atoms with Crippen LogP contribution in [0.25, 0.3) is 77.6 Å².